The summed E-state index contributed by atoms with van der Waals surface area (Å²) in [7, 11) is 0. The molecule has 5 nitrogen and oxygen atoms in total. The lowest BCUT2D eigenvalue weighted by Crippen LogP contribution is -2.45. The summed E-state index contributed by atoms with van der Waals surface area (Å²) in [6.07, 6.45) is 3.88. The maximum absolute atomic E-state index is 12.5. The van der Waals surface area contributed by atoms with Gasteiger partial charge in [-0.05, 0) is 38.3 Å². The number of rotatable bonds is 7. The van der Waals surface area contributed by atoms with Crippen LogP contribution in [-0.2, 0) is 0 Å². The van der Waals surface area contributed by atoms with Crippen LogP contribution in [0, 0.1) is 0 Å². The van der Waals surface area contributed by atoms with Crippen molar-refractivity contribution in [3.63, 3.8) is 0 Å². The summed E-state index contributed by atoms with van der Waals surface area (Å²) >= 11 is 6.29. The van der Waals surface area contributed by atoms with Crippen LogP contribution in [0.1, 0.15) is 56.3 Å². The molecule has 2 atom stereocenters. The molecule has 24 heavy (non-hydrogen) atoms. The summed E-state index contributed by atoms with van der Waals surface area (Å²) in [5, 5.41) is 13.3. The van der Waals surface area contributed by atoms with Gasteiger partial charge in [0.05, 0.1) is 30.4 Å². The first-order chi connectivity index (χ1) is 11.6. The molecule has 0 unspecified atom stereocenters. The number of benzene rings is 1. The molecule has 0 aliphatic heterocycles. The molecule has 0 radical (unpaired) electrons. The molecule has 2 rings (SSSR count). The fraction of sp³-hybridized carbons (Fsp3) is 0.611. The van der Waals surface area contributed by atoms with E-state index < -0.39 is 6.10 Å². The Balaban J connectivity index is 2.18. The third-order valence-corrected chi connectivity index (χ3v) is 4.35. The quantitative estimate of drug-likeness (QED) is 0.784. The van der Waals surface area contributed by atoms with Gasteiger partial charge in [-0.15, -0.1) is 0 Å². The van der Waals surface area contributed by atoms with E-state index in [1.165, 1.54) is 0 Å². The number of halogens is 1. The van der Waals surface area contributed by atoms with E-state index in [4.69, 9.17) is 21.1 Å². The van der Waals surface area contributed by atoms with Crippen molar-refractivity contribution in [3.05, 3.63) is 22.7 Å². The molecule has 0 heterocycles. The second-order valence-corrected chi connectivity index (χ2v) is 6.41. The fourth-order valence-corrected chi connectivity index (χ4v) is 3.10. The topological polar surface area (TPSA) is 67.8 Å². The normalized spacial score (nSPS) is 20.5. The largest absolute Gasteiger partial charge is 0.490 e. The molecule has 0 aromatic heterocycles. The molecule has 0 saturated heterocycles. The molecule has 1 aliphatic rings. The Morgan fingerprint density at radius 3 is 2.71 bits per heavy atom. The van der Waals surface area contributed by atoms with Gasteiger partial charge in [0.1, 0.15) is 0 Å². The summed E-state index contributed by atoms with van der Waals surface area (Å²) in [5.74, 6) is 0.674. The SMILES string of the molecule is CCCOc1c(Cl)cc(C(=O)N[C@@H]2CCCC[C@@H]2O)cc1OCC. The number of hydrogen-bond donors (Lipinski definition) is 2. The van der Waals surface area contributed by atoms with Gasteiger partial charge in [0.15, 0.2) is 11.5 Å². The minimum atomic E-state index is -0.489. The van der Waals surface area contributed by atoms with E-state index in [9.17, 15) is 9.90 Å². The minimum absolute atomic E-state index is 0.211. The Bertz CT molecular complexity index is 564. The monoisotopic (exact) mass is 355 g/mol. The number of carbonyl (C=O) groups is 1. The van der Waals surface area contributed by atoms with Crippen LogP contribution in [0.5, 0.6) is 11.5 Å². The zero-order valence-corrected chi connectivity index (χ0v) is 15.1. The van der Waals surface area contributed by atoms with Crippen LogP contribution in [0.3, 0.4) is 0 Å². The van der Waals surface area contributed by atoms with Crippen molar-refractivity contribution < 1.29 is 19.4 Å². The highest BCUT2D eigenvalue weighted by molar-refractivity contribution is 6.32. The van der Waals surface area contributed by atoms with Crippen LogP contribution in [-0.4, -0.2) is 36.4 Å². The molecular weight excluding hydrogens is 330 g/mol. The maximum atomic E-state index is 12.5. The van der Waals surface area contributed by atoms with Crippen LogP contribution < -0.4 is 14.8 Å². The number of ether oxygens (including phenoxy) is 2. The molecule has 1 saturated carbocycles. The Kier molecular flexibility index (Phi) is 7.18. The summed E-state index contributed by atoms with van der Waals surface area (Å²) in [6.45, 7) is 4.85. The lowest BCUT2D eigenvalue weighted by Gasteiger charge is -2.28. The highest BCUT2D eigenvalue weighted by atomic mass is 35.5. The molecule has 1 fully saturated rings. The Morgan fingerprint density at radius 2 is 2.04 bits per heavy atom. The number of nitrogens with one attached hydrogen (secondary N) is 1. The van der Waals surface area contributed by atoms with Crippen molar-refractivity contribution in [3.8, 4) is 11.5 Å². The van der Waals surface area contributed by atoms with Crippen molar-refractivity contribution in [2.45, 2.75) is 58.1 Å². The molecular formula is C18H26ClNO4. The molecule has 0 spiro atoms. The lowest BCUT2D eigenvalue weighted by atomic mass is 9.92. The van der Waals surface area contributed by atoms with Gasteiger partial charge in [-0.3, -0.25) is 4.79 Å². The Hall–Kier alpha value is -1.46. The van der Waals surface area contributed by atoms with Gasteiger partial charge in [-0.1, -0.05) is 31.4 Å². The van der Waals surface area contributed by atoms with Gasteiger partial charge in [0.25, 0.3) is 5.91 Å². The van der Waals surface area contributed by atoms with E-state index in [2.05, 4.69) is 5.32 Å². The molecule has 1 aromatic rings. The summed E-state index contributed by atoms with van der Waals surface area (Å²) < 4.78 is 11.2. The highest BCUT2D eigenvalue weighted by Gasteiger charge is 2.25. The summed E-state index contributed by atoms with van der Waals surface area (Å²) in [5.41, 5.74) is 0.407. The van der Waals surface area contributed by atoms with E-state index in [0.29, 0.717) is 35.3 Å². The molecule has 134 valence electrons. The van der Waals surface area contributed by atoms with Crippen LogP contribution in [0.25, 0.3) is 0 Å². The number of aliphatic hydroxyl groups excluding tert-OH is 1. The van der Waals surface area contributed by atoms with Crippen molar-refractivity contribution in [1.29, 1.82) is 0 Å². The standard InChI is InChI=1S/C18H26ClNO4/c1-3-9-24-17-13(19)10-12(11-16(17)23-4-2)18(22)20-14-7-5-6-8-15(14)21/h10-11,14-15,21H,3-9H2,1-2H3,(H,20,22)/t14-,15+/m1/s1. The first-order valence-electron chi connectivity index (χ1n) is 8.64. The van der Waals surface area contributed by atoms with Crippen LogP contribution in [0.15, 0.2) is 12.1 Å². The maximum Gasteiger partial charge on any atom is 0.251 e. The van der Waals surface area contributed by atoms with Gasteiger partial charge >= 0.3 is 0 Å². The highest BCUT2D eigenvalue weighted by Crippen LogP contribution is 2.37. The molecule has 2 N–H and O–H groups in total. The van der Waals surface area contributed by atoms with Gasteiger partial charge in [-0.25, -0.2) is 0 Å². The van der Waals surface area contributed by atoms with E-state index in [1.807, 2.05) is 13.8 Å². The van der Waals surface area contributed by atoms with Crippen LogP contribution >= 0.6 is 11.6 Å². The third kappa shape index (κ3) is 4.77. The molecule has 0 bridgehead atoms. The molecule has 6 heteroatoms. The first kappa shape index (κ1) is 18.9. The fourth-order valence-electron chi connectivity index (χ4n) is 2.84. The minimum Gasteiger partial charge on any atom is -0.490 e. The second kappa shape index (κ2) is 9.14. The average Bonchev–Trinajstić information content (AvgIpc) is 2.56. The molecule has 1 amide bonds. The predicted octanol–water partition coefficient (Wildman–Crippen LogP) is 3.56. The van der Waals surface area contributed by atoms with Gasteiger partial charge in [-0.2, -0.15) is 0 Å². The summed E-state index contributed by atoms with van der Waals surface area (Å²) in [6, 6.07) is 3.02. The van der Waals surface area contributed by atoms with Crippen molar-refractivity contribution in [2.24, 2.45) is 0 Å². The molecule has 1 aromatic carbocycles. The van der Waals surface area contributed by atoms with E-state index >= 15 is 0 Å². The second-order valence-electron chi connectivity index (χ2n) is 6.00. The zero-order valence-electron chi connectivity index (χ0n) is 14.3. The molecule has 1 aliphatic carbocycles. The van der Waals surface area contributed by atoms with Crippen LogP contribution in [0.2, 0.25) is 5.02 Å². The Morgan fingerprint density at radius 1 is 1.29 bits per heavy atom. The lowest BCUT2D eigenvalue weighted by molar-refractivity contribution is 0.0717. The van der Waals surface area contributed by atoms with Crippen molar-refractivity contribution >= 4 is 17.5 Å². The van der Waals surface area contributed by atoms with Crippen molar-refractivity contribution in [2.75, 3.05) is 13.2 Å². The smallest absolute Gasteiger partial charge is 0.251 e. The van der Waals surface area contributed by atoms with Gasteiger partial charge in [0, 0.05) is 5.56 Å². The van der Waals surface area contributed by atoms with E-state index in [-0.39, 0.29) is 11.9 Å². The number of aliphatic hydroxyl groups is 1. The van der Waals surface area contributed by atoms with Crippen molar-refractivity contribution in [1.82, 2.24) is 5.32 Å². The van der Waals surface area contributed by atoms with Gasteiger partial charge < -0.3 is 19.9 Å². The summed E-state index contributed by atoms with van der Waals surface area (Å²) in [4.78, 5) is 12.5. The third-order valence-electron chi connectivity index (χ3n) is 4.07. The Labute approximate surface area is 148 Å². The average molecular weight is 356 g/mol. The predicted molar refractivity (Wildman–Crippen MR) is 94.1 cm³/mol. The number of hydrogen-bond acceptors (Lipinski definition) is 4. The van der Waals surface area contributed by atoms with Crippen LogP contribution in [0.4, 0.5) is 0 Å². The van der Waals surface area contributed by atoms with E-state index in [1.54, 1.807) is 12.1 Å². The zero-order chi connectivity index (χ0) is 17.5. The van der Waals surface area contributed by atoms with Gasteiger partial charge in [0.2, 0.25) is 0 Å². The number of amides is 1. The van der Waals surface area contributed by atoms with E-state index in [0.717, 1.165) is 32.1 Å². The number of carbonyl (C=O) groups excluding carboxylic acids is 1. The first-order valence-corrected chi connectivity index (χ1v) is 9.02.